The minimum atomic E-state index is -0.688. The van der Waals surface area contributed by atoms with Gasteiger partial charge in [0.1, 0.15) is 0 Å². The molecule has 1 atom stereocenters. The number of halogens is 1. The predicted octanol–water partition coefficient (Wildman–Crippen LogP) is 2.03. The standard InChI is InChI=1S/C12H17FO3/c1-16-12-6-5-9(8-10(12)13)11(15)4-2-3-7-14/h5-6,8,11,14-15H,2-4,7H2,1H3. The first kappa shape index (κ1) is 12.9. The van der Waals surface area contributed by atoms with Crippen LogP contribution in [0.3, 0.4) is 0 Å². The predicted molar refractivity (Wildman–Crippen MR) is 58.8 cm³/mol. The molecular formula is C12H17FO3. The lowest BCUT2D eigenvalue weighted by Crippen LogP contribution is -1.99. The number of benzene rings is 1. The lowest BCUT2D eigenvalue weighted by Gasteiger charge is -2.11. The maximum Gasteiger partial charge on any atom is 0.165 e. The highest BCUT2D eigenvalue weighted by molar-refractivity contribution is 5.30. The molecule has 0 aliphatic rings. The summed E-state index contributed by atoms with van der Waals surface area (Å²) in [6.07, 6.45) is 1.19. The van der Waals surface area contributed by atoms with Crippen molar-refractivity contribution in [3.8, 4) is 5.75 Å². The average molecular weight is 228 g/mol. The molecule has 0 amide bonds. The summed E-state index contributed by atoms with van der Waals surface area (Å²) in [5, 5.41) is 18.4. The molecule has 0 aromatic heterocycles. The van der Waals surface area contributed by atoms with E-state index in [4.69, 9.17) is 9.84 Å². The highest BCUT2D eigenvalue weighted by atomic mass is 19.1. The zero-order chi connectivity index (χ0) is 12.0. The number of unbranched alkanes of at least 4 members (excludes halogenated alkanes) is 1. The minimum Gasteiger partial charge on any atom is -0.494 e. The fraction of sp³-hybridized carbons (Fsp3) is 0.500. The molecular weight excluding hydrogens is 211 g/mol. The Kier molecular flexibility index (Phi) is 5.22. The fourth-order valence-corrected chi connectivity index (χ4v) is 1.51. The summed E-state index contributed by atoms with van der Waals surface area (Å²) in [6, 6.07) is 4.42. The van der Waals surface area contributed by atoms with Crippen LogP contribution in [-0.4, -0.2) is 23.9 Å². The quantitative estimate of drug-likeness (QED) is 0.732. The van der Waals surface area contributed by atoms with Crippen molar-refractivity contribution < 1.29 is 19.3 Å². The smallest absolute Gasteiger partial charge is 0.165 e. The number of aliphatic hydroxyl groups is 2. The van der Waals surface area contributed by atoms with Gasteiger partial charge in [-0.3, -0.25) is 0 Å². The van der Waals surface area contributed by atoms with Crippen LogP contribution in [0.1, 0.15) is 30.9 Å². The van der Waals surface area contributed by atoms with Gasteiger partial charge in [0.15, 0.2) is 11.6 Å². The molecule has 0 heterocycles. The van der Waals surface area contributed by atoms with E-state index in [-0.39, 0.29) is 12.4 Å². The molecule has 0 bridgehead atoms. The van der Waals surface area contributed by atoms with E-state index in [1.807, 2.05) is 0 Å². The van der Waals surface area contributed by atoms with E-state index in [0.717, 1.165) is 0 Å². The number of methoxy groups -OCH3 is 1. The van der Waals surface area contributed by atoms with Crippen LogP contribution in [0.25, 0.3) is 0 Å². The van der Waals surface area contributed by atoms with Gasteiger partial charge < -0.3 is 14.9 Å². The number of hydrogen-bond acceptors (Lipinski definition) is 3. The minimum absolute atomic E-state index is 0.115. The van der Waals surface area contributed by atoms with E-state index in [2.05, 4.69) is 0 Å². The molecule has 4 heteroatoms. The highest BCUT2D eigenvalue weighted by Gasteiger charge is 2.10. The molecule has 16 heavy (non-hydrogen) atoms. The van der Waals surface area contributed by atoms with Crippen molar-refractivity contribution in [2.45, 2.75) is 25.4 Å². The average Bonchev–Trinajstić information content (AvgIpc) is 2.29. The normalized spacial score (nSPS) is 12.5. The molecule has 0 fully saturated rings. The summed E-state index contributed by atoms with van der Waals surface area (Å²) in [5.74, 6) is -0.299. The van der Waals surface area contributed by atoms with Gasteiger partial charge >= 0.3 is 0 Å². The van der Waals surface area contributed by atoms with Gasteiger partial charge in [-0.2, -0.15) is 0 Å². The van der Waals surface area contributed by atoms with Gasteiger partial charge in [-0.15, -0.1) is 0 Å². The van der Waals surface area contributed by atoms with Gasteiger partial charge in [0.25, 0.3) is 0 Å². The maximum atomic E-state index is 13.3. The van der Waals surface area contributed by atoms with Crippen molar-refractivity contribution in [1.29, 1.82) is 0 Å². The molecule has 90 valence electrons. The van der Waals surface area contributed by atoms with Crippen molar-refractivity contribution in [2.75, 3.05) is 13.7 Å². The van der Waals surface area contributed by atoms with Gasteiger partial charge in [-0.1, -0.05) is 6.07 Å². The second-order valence-corrected chi connectivity index (χ2v) is 3.63. The molecule has 3 nitrogen and oxygen atoms in total. The summed E-state index contributed by atoms with van der Waals surface area (Å²) in [6.45, 7) is 0.115. The van der Waals surface area contributed by atoms with E-state index >= 15 is 0 Å². The zero-order valence-corrected chi connectivity index (χ0v) is 9.32. The first-order valence-corrected chi connectivity index (χ1v) is 5.31. The Bertz CT molecular complexity index is 328. The molecule has 1 aromatic carbocycles. The first-order chi connectivity index (χ1) is 7.69. The molecule has 0 aliphatic carbocycles. The zero-order valence-electron chi connectivity index (χ0n) is 9.32. The van der Waals surface area contributed by atoms with Crippen LogP contribution in [0.2, 0.25) is 0 Å². The van der Waals surface area contributed by atoms with E-state index in [1.165, 1.54) is 19.2 Å². The van der Waals surface area contributed by atoms with Crippen LogP contribution in [0.5, 0.6) is 5.75 Å². The first-order valence-electron chi connectivity index (χ1n) is 5.31. The van der Waals surface area contributed by atoms with Gasteiger partial charge in [-0.05, 0) is 37.0 Å². The third-order valence-electron chi connectivity index (χ3n) is 2.45. The number of ether oxygens (including phenoxy) is 1. The number of rotatable bonds is 6. The van der Waals surface area contributed by atoms with Crippen LogP contribution in [0.15, 0.2) is 18.2 Å². The molecule has 0 saturated heterocycles. The van der Waals surface area contributed by atoms with Crippen molar-refractivity contribution >= 4 is 0 Å². The van der Waals surface area contributed by atoms with E-state index < -0.39 is 11.9 Å². The Morgan fingerprint density at radius 1 is 1.38 bits per heavy atom. The van der Waals surface area contributed by atoms with Crippen LogP contribution >= 0.6 is 0 Å². The summed E-state index contributed by atoms with van der Waals surface area (Å²) in [4.78, 5) is 0. The third-order valence-corrected chi connectivity index (χ3v) is 2.45. The van der Waals surface area contributed by atoms with Crippen LogP contribution in [0.4, 0.5) is 4.39 Å². The lowest BCUT2D eigenvalue weighted by molar-refractivity contribution is 0.159. The maximum absolute atomic E-state index is 13.3. The third kappa shape index (κ3) is 3.47. The van der Waals surface area contributed by atoms with Gasteiger partial charge in [-0.25, -0.2) is 4.39 Å². The topological polar surface area (TPSA) is 49.7 Å². The fourth-order valence-electron chi connectivity index (χ4n) is 1.51. The van der Waals surface area contributed by atoms with Crippen molar-refractivity contribution in [2.24, 2.45) is 0 Å². The number of aliphatic hydroxyl groups excluding tert-OH is 2. The van der Waals surface area contributed by atoms with Crippen LogP contribution in [-0.2, 0) is 0 Å². The molecule has 1 rings (SSSR count). The van der Waals surface area contributed by atoms with E-state index in [9.17, 15) is 9.50 Å². The summed E-state index contributed by atoms with van der Waals surface area (Å²) >= 11 is 0. The molecule has 0 spiro atoms. The van der Waals surface area contributed by atoms with E-state index in [0.29, 0.717) is 24.8 Å². The monoisotopic (exact) mass is 228 g/mol. The molecule has 0 radical (unpaired) electrons. The summed E-state index contributed by atoms with van der Waals surface area (Å²) in [5.41, 5.74) is 0.538. The summed E-state index contributed by atoms with van der Waals surface area (Å²) in [7, 11) is 1.40. The second kappa shape index (κ2) is 6.45. The largest absolute Gasteiger partial charge is 0.494 e. The van der Waals surface area contributed by atoms with Gasteiger partial charge in [0.05, 0.1) is 13.2 Å². The Morgan fingerprint density at radius 2 is 2.12 bits per heavy atom. The molecule has 0 saturated carbocycles. The Morgan fingerprint density at radius 3 is 2.69 bits per heavy atom. The summed E-state index contributed by atoms with van der Waals surface area (Å²) < 4.78 is 18.1. The highest BCUT2D eigenvalue weighted by Crippen LogP contribution is 2.24. The van der Waals surface area contributed by atoms with Crippen molar-refractivity contribution in [3.63, 3.8) is 0 Å². The lowest BCUT2D eigenvalue weighted by atomic mass is 10.0. The van der Waals surface area contributed by atoms with Crippen LogP contribution in [0, 0.1) is 5.82 Å². The second-order valence-electron chi connectivity index (χ2n) is 3.63. The van der Waals surface area contributed by atoms with Crippen molar-refractivity contribution in [3.05, 3.63) is 29.6 Å². The van der Waals surface area contributed by atoms with Crippen molar-refractivity contribution in [1.82, 2.24) is 0 Å². The van der Waals surface area contributed by atoms with Gasteiger partial charge in [0.2, 0.25) is 0 Å². The van der Waals surface area contributed by atoms with Gasteiger partial charge in [0, 0.05) is 6.61 Å². The Hall–Kier alpha value is -1.13. The molecule has 0 aliphatic heterocycles. The number of hydrogen-bond donors (Lipinski definition) is 2. The molecule has 1 unspecified atom stereocenters. The Balaban J connectivity index is 2.62. The SMILES string of the molecule is COc1ccc(C(O)CCCCO)cc1F. The van der Waals surface area contributed by atoms with E-state index in [1.54, 1.807) is 6.07 Å². The van der Waals surface area contributed by atoms with Crippen LogP contribution < -0.4 is 4.74 Å². The Labute approximate surface area is 94.5 Å². The molecule has 1 aromatic rings. The molecule has 2 N–H and O–H groups in total.